The summed E-state index contributed by atoms with van der Waals surface area (Å²) in [6.07, 6.45) is 0.974. The van der Waals surface area contributed by atoms with Gasteiger partial charge in [0.15, 0.2) is 0 Å². The lowest BCUT2D eigenvalue weighted by Crippen LogP contribution is -2.46. The van der Waals surface area contributed by atoms with Crippen LogP contribution in [0.1, 0.15) is 13.3 Å². The fourth-order valence-electron chi connectivity index (χ4n) is 1.09. The largest absolute Gasteiger partial charge is 0.369 e. The third kappa shape index (κ3) is 1.29. The fraction of sp³-hybridized carbons (Fsp3) is 0.857. The summed E-state index contributed by atoms with van der Waals surface area (Å²) in [6.45, 7) is 3.01. The van der Waals surface area contributed by atoms with Crippen molar-refractivity contribution in [3.8, 4) is 0 Å². The van der Waals surface area contributed by atoms with Crippen molar-refractivity contribution in [3.05, 3.63) is 0 Å². The fourth-order valence-corrected chi connectivity index (χ4v) is 1.09. The normalized spacial score (nSPS) is 27.2. The van der Waals surface area contributed by atoms with Gasteiger partial charge in [-0.1, -0.05) is 6.92 Å². The number of carbonyl (C=O) groups excluding carboxylic acids is 1. The molecule has 0 spiro atoms. The lowest BCUT2D eigenvalue weighted by Gasteiger charge is -2.31. The number of ether oxygens (including phenoxy) is 1. The second kappa shape index (κ2) is 3.01. The van der Waals surface area contributed by atoms with Crippen LogP contribution in [0.3, 0.4) is 0 Å². The minimum absolute atomic E-state index is 0.0955. The number of rotatable bonds is 1. The van der Waals surface area contributed by atoms with E-state index >= 15 is 0 Å². The van der Waals surface area contributed by atoms with Gasteiger partial charge in [-0.15, -0.1) is 0 Å². The van der Waals surface area contributed by atoms with Crippen molar-refractivity contribution in [2.24, 2.45) is 0 Å². The standard InChI is InChI=1S/C7H13NO2/c1-3-6-4-10-5-7(9)8(6)2/h6H,3-5H2,1-2H3. The molecule has 3 nitrogen and oxygen atoms in total. The zero-order chi connectivity index (χ0) is 7.56. The Morgan fingerprint density at radius 3 is 3.00 bits per heavy atom. The van der Waals surface area contributed by atoms with E-state index in [9.17, 15) is 4.79 Å². The second-order valence-electron chi connectivity index (χ2n) is 2.58. The summed E-state index contributed by atoms with van der Waals surface area (Å²) in [6, 6.07) is 0.293. The highest BCUT2D eigenvalue weighted by Gasteiger charge is 2.23. The van der Waals surface area contributed by atoms with Crippen LogP contribution in [0.25, 0.3) is 0 Å². The van der Waals surface area contributed by atoms with Gasteiger partial charge in [0, 0.05) is 7.05 Å². The van der Waals surface area contributed by atoms with Crippen LogP contribution in [0.5, 0.6) is 0 Å². The number of nitrogens with zero attached hydrogens (tertiary/aromatic N) is 1. The third-order valence-corrected chi connectivity index (χ3v) is 1.95. The number of hydrogen-bond acceptors (Lipinski definition) is 2. The molecule has 0 aromatic rings. The van der Waals surface area contributed by atoms with Gasteiger partial charge in [-0.05, 0) is 6.42 Å². The van der Waals surface area contributed by atoms with Crippen molar-refractivity contribution >= 4 is 5.91 Å². The predicted octanol–water partition coefficient (Wildman–Crippen LogP) is 0.254. The molecule has 1 saturated heterocycles. The van der Waals surface area contributed by atoms with Crippen LogP contribution in [0, 0.1) is 0 Å². The van der Waals surface area contributed by atoms with Crippen molar-refractivity contribution in [2.45, 2.75) is 19.4 Å². The van der Waals surface area contributed by atoms with Crippen LogP contribution in [0.15, 0.2) is 0 Å². The van der Waals surface area contributed by atoms with E-state index in [1.807, 2.05) is 7.05 Å². The highest BCUT2D eigenvalue weighted by molar-refractivity contribution is 5.78. The number of carbonyl (C=O) groups is 1. The van der Waals surface area contributed by atoms with E-state index in [-0.39, 0.29) is 12.5 Å². The molecule has 1 atom stereocenters. The molecule has 0 radical (unpaired) electrons. The van der Waals surface area contributed by atoms with Gasteiger partial charge in [0.1, 0.15) is 6.61 Å². The predicted molar refractivity (Wildman–Crippen MR) is 37.7 cm³/mol. The SMILES string of the molecule is CCC1COCC(=O)N1C. The quantitative estimate of drug-likeness (QED) is 0.526. The summed E-state index contributed by atoms with van der Waals surface area (Å²) in [5.41, 5.74) is 0. The Morgan fingerprint density at radius 1 is 1.80 bits per heavy atom. The average Bonchev–Trinajstić information content (AvgIpc) is 1.95. The Hall–Kier alpha value is -0.570. The van der Waals surface area contributed by atoms with Gasteiger partial charge >= 0.3 is 0 Å². The summed E-state index contributed by atoms with van der Waals surface area (Å²) in [5, 5.41) is 0. The van der Waals surface area contributed by atoms with Crippen molar-refractivity contribution < 1.29 is 9.53 Å². The molecule has 0 aromatic carbocycles. The molecule has 0 N–H and O–H groups in total. The molecule has 0 aromatic heterocycles. The zero-order valence-corrected chi connectivity index (χ0v) is 6.46. The first kappa shape index (κ1) is 7.54. The van der Waals surface area contributed by atoms with E-state index in [0.29, 0.717) is 12.6 Å². The van der Waals surface area contributed by atoms with E-state index in [2.05, 4.69) is 6.92 Å². The minimum Gasteiger partial charge on any atom is -0.369 e. The van der Waals surface area contributed by atoms with Crippen molar-refractivity contribution in [3.63, 3.8) is 0 Å². The molecule has 1 aliphatic heterocycles. The van der Waals surface area contributed by atoms with E-state index in [4.69, 9.17) is 4.74 Å². The Labute approximate surface area is 61.0 Å². The summed E-state index contributed by atoms with van der Waals surface area (Å²) < 4.78 is 5.06. The summed E-state index contributed by atoms with van der Waals surface area (Å²) in [5.74, 6) is 0.0955. The minimum atomic E-state index is 0.0955. The molecule has 3 heteroatoms. The lowest BCUT2D eigenvalue weighted by atomic mass is 10.2. The summed E-state index contributed by atoms with van der Waals surface area (Å²) >= 11 is 0. The monoisotopic (exact) mass is 143 g/mol. The summed E-state index contributed by atoms with van der Waals surface area (Å²) in [4.78, 5) is 12.7. The zero-order valence-electron chi connectivity index (χ0n) is 6.46. The van der Waals surface area contributed by atoms with Gasteiger partial charge in [0.05, 0.1) is 12.6 Å². The first-order valence-corrected chi connectivity index (χ1v) is 3.59. The highest BCUT2D eigenvalue weighted by Crippen LogP contribution is 2.07. The first-order chi connectivity index (χ1) is 4.75. The molecular weight excluding hydrogens is 130 g/mol. The highest BCUT2D eigenvalue weighted by atomic mass is 16.5. The smallest absolute Gasteiger partial charge is 0.248 e. The Kier molecular flexibility index (Phi) is 2.27. The maximum Gasteiger partial charge on any atom is 0.248 e. The van der Waals surface area contributed by atoms with Gasteiger partial charge in [-0.25, -0.2) is 0 Å². The van der Waals surface area contributed by atoms with Crippen LogP contribution in [-0.2, 0) is 9.53 Å². The maximum absolute atomic E-state index is 11.0. The molecule has 10 heavy (non-hydrogen) atoms. The number of morpholine rings is 1. The molecule has 0 aliphatic carbocycles. The van der Waals surface area contributed by atoms with E-state index in [0.717, 1.165) is 6.42 Å². The molecule has 1 rings (SSSR count). The molecule has 1 unspecified atom stereocenters. The Bertz CT molecular complexity index is 136. The Morgan fingerprint density at radius 2 is 2.50 bits per heavy atom. The molecule has 0 bridgehead atoms. The maximum atomic E-state index is 11.0. The molecule has 1 aliphatic rings. The van der Waals surface area contributed by atoms with Crippen LogP contribution in [-0.4, -0.2) is 37.1 Å². The van der Waals surface area contributed by atoms with Crippen LogP contribution < -0.4 is 0 Å². The van der Waals surface area contributed by atoms with Gasteiger partial charge in [0.2, 0.25) is 5.91 Å². The van der Waals surface area contributed by atoms with Gasteiger partial charge in [-0.3, -0.25) is 4.79 Å². The van der Waals surface area contributed by atoms with Gasteiger partial charge < -0.3 is 9.64 Å². The lowest BCUT2D eigenvalue weighted by molar-refractivity contribution is -0.145. The van der Waals surface area contributed by atoms with Crippen molar-refractivity contribution in [1.82, 2.24) is 4.90 Å². The topological polar surface area (TPSA) is 29.5 Å². The van der Waals surface area contributed by atoms with Crippen molar-refractivity contribution in [1.29, 1.82) is 0 Å². The first-order valence-electron chi connectivity index (χ1n) is 3.59. The van der Waals surface area contributed by atoms with E-state index in [1.54, 1.807) is 4.90 Å². The molecular formula is C7H13NO2. The molecule has 1 amide bonds. The molecule has 1 fully saturated rings. The third-order valence-electron chi connectivity index (χ3n) is 1.95. The van der Waals surface area contributed by atoms with E-state index < -0.39 is 0 Å². The average molecular weight is 143 g/mol. The number of hydrogen-bond donors (Lipinski definition) is 0. The molecule has 1 heterocycles. The molecule has 58 valence electrons. The van der Waals surface area contributed by atoms with Crippen LogP contribution in [0.4, 0.5) is 0 Å². The Balaban J connectivity index is 2.51. The van der Waals surface area contributed by atoms with Crippen molar-refractivity contribution in [2.75, 3.05) is 20.3 Å². The number of likely N-dealkylation sites (N-methyl/N-ethyl adjacent to an activating group) is 1. The number of amides is 1. The van der Waals surface area contributed by atoms with Crippen LogP contribution >= 0.6 is 0 Å². The second-order valence-corrected chi connectivity index (χ2v) is 2.58. The van der Waals surface area contributed by atoms with E-state index in [1.165, 1.54) is 0 Å². The van der Waals surface area contributed by atoms with Gasteiger partial charge in [-0.2, -0.15) is 0 Å². The summed E-state index contributed by atoms with van der Waals surface area (Å²) in [7, 11) is 1.83. The van der Waals surface area contributed by atoms with Gasteiger partial charge in [0.25, 0.3) is 0 Å². The van der Waals surface area contributed by atoms with Crippen LogP contribution in [0.2, 0.25) is 0 Å². The molecule has 0 saturated carbocycles.